The second kappa shape index (κ2) is 6.49. The van der Waals surface area contributed by atoms with Gasteiger partial charge in [0.25, 0.3) is 0 Å². The molecule has 3 rings (SSSR count). The SMILES string of the molecule is COC(=O)c1ccc(-c2nc(Nc3ccn(C)n3)ncc2C)cc1. The van der Waals surface area contributed by atoms with Crippen LogP contribution in [0, 0.1) is 6.92 Å². The maximum absolute atomic E-state index is 11.5. The van der Waals surface area contributed by atoms with E-state index in [9.17, 15) is 4.79 Å². The minimum atomic E-state index is -0.363. The molecule has 0 fully saturated rings. The Balaban J connectivity index is 1.89. The van der Waals surface area contributed by atoms with E-state index in [1.165, 1.54) is 7.11 Å². The van der Waals surface area contributed by atoms with E-state index in [2.05, 4.69) is 20.4 Å². The van der Waals surface area contributed by atoms with Crippen LogP contribution in [0.3, 0.4) is 0 Å². The number of ether oxygens (including phenoxy) is 1. The molecular formula is C17H17N5O2. The van der Waals surface area contributed by atoms with Gasteiger partial charge in [-0.05, 0) is 24.6 Å². The molecule has 2 heterocycles. The number of rotatable bonds is 4. The maximum Gasteiger partial charge on any atom is 0.337 e. The molecule has 0 aliphatic heterocycles. The highest BCUT2D eigenvalue weighted by molar-refractivity contribution is 5.89. The van der Waals surface area contributed by atoms with Gasteiger partial charge in [-0.3, -0.25) is 4.68 Å². The second-order valence-corrected chi connectivity index (χ2v) is 5.29. The van der Waals surface area contributed by atoms with Crippen molar-refractivity contribution in [3.63, 3.8) is 0 Å². The Morgan fingerprint density at radius 2 is 1.96 bits per heavy atom. The van der Waals surface area contributed by atoms with Gasteiger partial charge >= 0.3 is 5.97 Å². The van der Waals surface area contributed by atoms with Gasteiger partial charge < -0.3 is 10.1 Å². The van der Waals surface area contributed by atoms with E-state index in [4.69, 9.17) is 4.74 Å². The topological polar surface area (TPSA) is 81.9 Å². The number of aromatic nitrogens is 4. The summed E-state index contributed by atoms with van der Waals surface area (Å²) in [6.07, 6.45) is 3.59. The van der Waals surface area contributed by atoms with Crippen molar-refractivity contribution in [3.8, 4) is 11.3 Å². The Kier molecular flexibility index (Phi) is 4.24. The van der Waals surface area contributed by atoms with Crippen molar-refractivity contribution in [2.45, 2.75) is 6.92 Å². The molecule has 0 aliphatic rings. The van der Waals surface area contributed by atoms with Gasteiger partial charge in [0.05, 0.1) is 18.4 Å². The number of esters is 1. The summed E-state index contributed by atoms with van der Waals surface area (Å²) in [4.78, 5) is 20.4. The number of methoxy groups -OCH3 is 1. The Hall–Kier alpha value is -3.22. The summed E-state index contributed by atoms with van der Waals surface area (Å²) in [6.45, 7) is 1.94. The van der Waals surface area contributed by atoms with Crippen LogP contribution in [0.25, 0.3) is 11.3 Å². The largest absolute Gasteiger partial charge is 0.465 e. The molecule has 0 saturated heterocycles. The fourth-order valence-corrected chi connectivity index (χ4v) is 2.27. The normalized spacial score (nSPS) is 10.5. The fourth-order valence-electron chi connectivity index (χ4n) is 2.27. The smallest absolute Gasteiger partial charge is 0.337 e. The van der Waals surface area contributed by atoms with Crippen LogP contribution in [0.15, 0.2) is 42.7 Å². The predicted octanol–water partition coefficient (Wildman–Crippen LogP) is 2.72. The maximum atomic E-state index is 11.5. The molecule has 0 aliphatic carbocycles. The molecule has 0 radical (unpaired) electrons. The van der Waals surface area contributed by atoms with E-state index < -0.39 is 0 Å². The standard InChI is InChI=1S/C17H17N5O2/c1-11-10-18-17(19-14-8-9-22(2)21-14)20-15(11)12-4-6-13(7-5-12)16(23)24-3/h4-10H,1-3H3,(H,18,19,20,21). The number of benzene rings is 1. The molecule has 1 aromatic carbocycles. The summed E-state index contributed by atoms with van der Waals surface area (Å²) < 4.78 is 6.41. The van der Waals surface area contributed by atoms with Crippen LogP contribution in [-0.2, 0) is 11.8 Å². The first-order valence-electron chi connectivity index (χ1n) is 7.36. The molecule has 0 unspecified atom stereocenters. The van der Waals surface area contributed by atoms with E-state index in [0.717, 1.165) is 16.8 Å². The lowest BCUT2D eigenvalue weighted by molar-refractivity contribution is 0.0601. The summed E-state index contributed by atoms with van der Waals surface area (Å²) >= 11 is 0. The molecule has 0 amide bonds. The Bertz CT molecular complexity index is 871. The van der Waals surface area contributed by atoms with Crippen molar-refractivity contribution in [1.29, 1.82) is 0 Å². The van der Waals surface area contributed by atoms with Crippen molar-refractivity contribution >= 4 is 17.7 Å². The molecular weight excluding hydrogens is 306 g/mol. The van der Waals surface area contributed by atoms with Gasteiger partial charge in [0.2, 0.25) is 5.95 Å². The Labute approximate surface area is 139 Å². The van der Waals surface area contributed by atoms with Crippen LogP contribution in [0.2, 0.25) is 0 Å². The monoisotopic (exact) mass is 323 g/mol. The molecule has 1 N–H and O–H groups in total. The second-order valence-electron chi connectivity index (χ2n) is 5.29. The number of nitrogens with zero attached hydrogens (tertiary/aromatic N) is 4. The molecule has 7 heteroatoms. The Morgan fingerprint density at radius 3 is 2.58 bits per heavy atom. The zero-order valence-electron chi connectivity index (χ0n) is 13.6. The fraction of sp³-hybridized carbons (Fsp3) is 0.176. The van der Waals surface area contributed by atoms with Gasteiger partial charge in [0, 0.05) is 31.1 Å². The predicted molar refractivity (Wildman–Crippen MR) is 90.0 cm³/mol. The van der Waals surface area contributed by atoms with Crippen LogP contribution in [0.1, 0.15) is 15.9 Å². The highest BCUT2D eigenvalue weighted by Crippen LogP contribution is 2.23. The molecule has 0 atom stereocenters. The number of nitrogens with one attached hydrogen (secondary N) is 1. The van der Waals surface area contributed by atoms with Crippen LogP contribution < -0.4 is 5.32 Å². The van der Waals surface area contributed by atoms with E-state index in [1.807, 2.05) is 38.4 Å². The van der Waals surface area contributed by atoms with Crippen molar-refractivity contribution in [1.82, 2.24) is 19.7 Å². The molecule has 2 aromatic heterocycles. The lowest BCUT2D eigenvalue weighted by Crippen LogP contribution is -2.02. The highest BCUT2D eigenvalue weighted by Gasteiger charge is 2.10. The number of carbonyl (C=O) groups excluding carboxylic acids is 1. The minimum Gasteiger partial charge on any atom is -0.465 e. The zero-order chi connectivity index (χ0) is 17.1. The van der Waals surface area contributed by atoms with Crippen LogP contribution in [-0.4, -0.2) is 32.8 Å². The summed E-state index contributed by atoms with van der Waals surface area (Å²) in [5.74, 6) is 0.776. The van der Waals surface area contributed by atoms with E-state index in [0.29, 0.717) is 17.3 Å². The van der Waals surface area contributed by atoms with Gasteiger partial charge in [-0.25, -0.2) is 14.8 Å². The number of hydrogen-bond acceptors (Lipinski definition) is 6. The molecule has 0 saturated carbocycles. The Morgan fingerprint density at radius 1 is 1.21 bits per heavy atom. The summed E-state index contributed by atoms with van der Waals surface area (Å²) in [5.41, 5.74) is 3.12. The molecule has 0 bridgehead atoms. The number of anilines is 2. The number of carbonyl (C=O) groups is 1. The van der Waals surface area contributed by atoms with Gasteiger partial charge in [-0.15, -0.1) is 0 Å². The van der Waals surface area contributed by atoms with Gasteiger partial charge in [0.1, 0.15) is 0 Å². The summed E-state index contributed by atoms with van der Waals surface area (Å²) in [7, 11) is 3.20. The summed E-state index contributed by atoms with van der Waals surface area (Å²) in [6, 6.07) is 8.95. The lowest BCUT2D eigenvalue weighted by Gasteiger charge is -2.08. The first-order chi connectivity index (χ1) is 11.6. The van der Waals surface area contributed by atoms with Crippen molar-refractivity contribution < 1.29 is 9.53 Å². The first-order valence-corrected chi connectivity index (χ1v) is 7.36. The van der Waals surface area contributed by atoms with Crippen LogP contribution in [0.5, 0.6) is 0 Å². The average Bonchev–Trinajstić information content (AvgIpc) is 3.01. The molecule has 24 heavy (non-hydrogen) atoms. The van der Waals surface area contributed by atoms with Gasteiger partial charge in [-0.2, -0.15) is 5.10 Å². The van der Waals surface area contributed by atoms with Crippen LogP contribution in [0.4, 0.5) is 11.8 Å². The molecule has 3 aromatic rings. The molecule has 7 nitrogen and oxygen atoms in total. The van der Waals surface area contributed by atoms with E-state index >= 15 is 0 Å². The molecule has 122 valence electrons. The third kappa shape index (κ3) is 3.24. The van der Waals surface area contributed by atoms with Crippen molar-refractivity contribution in [3.05, 3.63) is 53.9 Å². The zero-order valence-corrected chi connectivity index (χ0v) is 13.6. The molecule has 0 spiro atoms. The van der Waals surface area contributed by atoms with Crippen molar-refractivity contribution in [2.75, 3.05) is 12.4 Å². The lowest BCUT2D eigenvalue weighted by atomic mass is 10.1. The third-order valence-corrected chi connectivity index (χ3v) is 3.50. The summed E-state index contributed by atoms with van der Waals surface area (Å²) in [5, 5.41) is 7.32. The number of hydrogen-bond donors (Lipinski definition) is 1. The minimum absolute atomic E-state index is 0.363. The van der Waals surface area contributed by atoms with Crippen LogP contribution >= 0.6 is 0 Å². The number of aryl methyl sites for hydroxylation is 2. The quantitative estimate of drug-likeness (QED) is 0.743. The van der Waals surface area contributed by atoms with Crippen molar-refractivity contribution in [2.24, 2.45) is 7.05 Å². The van der Waals surface area contributed by atoms with E-state index in [-0.39, 0.29) is 5.97 Å². The van der Waals surface area contributed by atoms with E-state index in [1.54, 1.807) is 23.0 Å². The highest BCUT2D eigenvalue weighted by atomic mass is 16.5. The van der Waals surface area contributed by atoms with Gasteiger partial charge in [-0.1, -0.05) is 12.1 Å². The third-order valence-electron chi connectivity index (χ3n) is 3.50. The van der Waals surface area contributed by atoms with Gasteiger partial charge in [0.15, 0.2) is 5.82 Å². The first kappa shape index (κ1) is 15.7. The average molecular weight is 323 g/mol.